The fourth-order valence-corrected chi connectivity index (χ4v) is 3.17. The minimum atomic E-state index is 0.276. The zero-order valence-corrected chi connectivity index (χ0v) is 13.2. The summed E-state index contributed by atoms with van der Waals surface area (Å²) in [4.78, 5) is 4.16. The molecule has 18 heavy (non-hydrogen) atoms. The molecule has 0 atom stereocenters. The van der Waals surface area contributed by atoms with Crippen LogP contribution in [0.4, 0.5) is 5.82 Å². The molecule has 2 nitrogen and oxygen atoms in total. The van der Waals surface area contributed by atoms with Crippen molar-refractivity contribution in [2.24, 2.45) is 16.7 Å². The Morgan fingerprint density at radius 2 is 1.67 bits per heavy atom. The third-order valence-corrected chi connectivity index (χ3v) is 5.64. The lowest BCUT2D eigenvalue weighted by Gasteiger charge is -2.09. The van der Waals surface area contributed by atoms with Crippen LogP contribution in [0, 0.1) is 16.7 Å². The summed E-state index contributed by atoms with van der Waals surface area (Å²) >= 11 is 17.8. The molecule has 0 unspecified atom stereocenters. The van der Waals surface area contributed by atoms with E-state index in [9.17, 15) is 0 Å². The van der Waals surface area contributed by atoms with Crippen molar-refractivity contribution in [3.8, 4) is 0 Å². The van der Waals surface area contributed by atoms with Gasteiger partial charge in [-0.1, -0.05) is 62.5 Å². The van der Waals surface area contributed by atoms with Crippen molar-refractivity contribution in [2.45, 2.75) is 27.7 Å². The van der Waals surface area contributed by atoms with Gasteiger partial charge in [-0.05, 0) is 22.8 Å². The highest BCUT2D eigenvalue weighted by atomic mass is 35.5. The number of nitrogens with zero attached hydrogens (tertiary/aromatic N) is 1. The lowest BCUT2D eigenvalue weighted by molar-refractivity contribution is 0.457. The molecule has 0 radical (unpaired) electrons. The molecule has 1 aliphatic carbocycles. The quantitative estimate of drug-likeness (QED) is 0.782. The summed E-state index contributed by atoms with van der Waals surface area (Å²) < 4.78 is 0. The van der Waals surface area contributed by atoms with E-state index in [4.69, 9.17) is 34.8 Å². The van der Waals surface area contributed by atoms with Gasteiger partial charge in [-0.2, -0.15) is 0 Å². The largest absolute Gasteiger partial charge is 0.368 e. The predicted octanol–water partition coefficient (Wildman–Crippen LogP) is 5.14. The maximum atomic E-state index is 6.08. The lowest BCUT2D eigenvalue weighted by Crippen LogP contribution is -2.09. The van der Waals surface area contributed by atoms with Crippen molar-refractivity contribution >= 4 is 40.6 Å². The molecule has 2 rings (SSSR count). The Hall–Kier alpha value is -0.180. The average molecular weight is 308 g/mol. The van der Waals surface area contributed by atoms with Crippen LogP contribution in [-0.2, 0) is 0 Å². The van der Waals surface area contributed by atoms with Gasteiger partial charge in [0.25, 0.3) is 0 Å². The normalized spacial score (nSPS) is 20.8. The summed E-state index contributed by atoms with van der Waals surface area (Å²) in [6.45, 7) is 9.96. The van der Waals surface area contributed by atoms with E-state index in [1.807, 2.05) is 0 Å². The van der Waals surface area contributed by atoms with Gasteiger partial charge in [-0.15, -0.1) is 0 Å². The molecule has 1 heterocycles. The molecule has 1 aliphatic rings. The number of anilines is 1. The molecule has 0 bridgehead atoms. The standard InChI is InChI=1S/C13H17Cl3N2/c1-12(2)9(13(12,3)4)6-17-11-8(15)5-7(14)10(16)18-11/h5,9H,6H2,1-4H3,(H,17,18). The molecular formula is C13H17Cl3N2. The second-order valence-electron chi connectivity index (χ2n) is 5.97. The molecule has 0 amide bonds. The molecular weight excluding hydrogens is 291 g/mol. The van der Waals surface area contributed by atoms with Crippen molar-refractivity contribution in [1.82, 2.24) is 4.98 Å². The van der Waals surface area contributed by atoms with Gasteiger partial charge in [0.15, 0.2) is 0 Å². The van der Waals surface area contributed by atoms with E-state index in [-0.39, 0.29) is 5.15 Å². The predicted molar refractivity (Wildman–Crippen MR) is 78.8 cm³/mol. The van der Waals surface area contributed by atoms with Crippen LogP contribution in [0.1, 0.15) is 27.7 Å². The fourth-order valence-electron chi connectivity index (χ4n) is 2.61. The Kier molecular flexibility index (Phi) is 3.50. The van der Waals surface area contributed by atoms with Gasteiger partial charge in [0, 0.05) is 6.54 Å². The zero-order chi connectivity index (χ0) is 13.7. The lowest BCUT2D eigenvalue weighted by atomic mass is 10.0. The van der Waals surface area contributed by atoms with Crippen LogP contribution in [0.2, 0.25) is 15.2 Å². The summed E-state index contributed by atoms with van der Waals surface area (Å²) in [5.74, 6) is 1.20. The molecule has 1 fully saturated rings. The van der Waals surface area contributed by atoms with E-state index in [0.717, 1.165) is 6.54 Å². The van der Waals surface area contributed by atoms with Gasteiger partial charge in [-0.3, -0.25) is 0 Å². The molecule has 0 spiro atoms. The average Bonchev–Trinajstić information content (AvgIpc) is 2.62. The molecule has 0 aliphatic heterocycles. The Morgan fingerprint density at radius 1 is 1.11 bits per heavy atom. The molecule has 1 N–H and O–H groups in total. The van der Waals surface area contributed by atoms with Crippen LogP contribution >= 0.6 is 34.8 Å². The number of aromatic nitrogens is 1. The number of rotatable bonds is 3. The molecule has 0 aromatic carbocycles. The smallest absolute Gasteiger partial charge is 0.150 e. The van der Waals surface area contributed by atoms with Crippen molar-refractivity contribution in [3.05, 3.63) is 21.3 Å². The molecule has 5 heteroatoms. The third-order valence-electron chi connectivity index (χ3n) is 4.68. The highest BCUT2D eigenvalue weighted by Gasteiger charge is 2.64. The Balaban J connectivity index is 2.07. The maximum Gasteiger partial charge on any atom is 0.150 e. The second-order valence-corrected chi connectivity index (χ2v) is 7.14. The maximum absolute atomic E-state index is 6.08. The van der Waals surface area contributed by atoms with Crippen molar-refractivity contribution < 1.29 is 0 Å². The fraction of sp³-hybridized carbons (Fsp3) is 0.615. The van der Waals surface area contributed by atoms with E-state index in [0.29, 0.717) is 32.6 Å². The summed E-state index contributed by atoms with van der Waals surface area (Å²) in [5.41, 5.74) is 0.672. The number of hydrogen-bond donors (Lipinski definition) is 1. The summed E-state index contributed by atoms with van der Waals surface area (Å²) in [5, 5.41) is 4.42. The van der Waals surface area contributed by atoms with Gasteiger partial charge >= 0.3 is 0 Å². The van der Waals surface area contributed by atoms with E-state index >= 15 is 0 Å². The van der Waals surface area contributed by atoms with Crippen molar-refractivity contribution in [3.63, 3.8) is 0 Å². The second kappa shape index (κ2) is 4.43. The Morgan fingerprint density at radius 3 is 2.17 bits per heavy atom. The van der Waals surface area contributed by atoms with Gasteiger partial charge in [0.05, 0.1) is 10.0 Å². The number of pyridine rings is 1. The van der Waals surface area contributed by atoms with Crippen LogP contribution < -0.4 is 5.32 Å². The van der Waals surface area contributed by atoms with Crippen LogP contribution in [0.15, 0.2) is 6.07 Å². The number of nitrogens with one attached hydrogen (secondary N) is 1. The van der Waals surface area contributed by atoms with Crippen LogP contribution in [0.3, 0.4) is 0 Å². The summed E-state index contributed by atoms with van der Waals surface area (Å²) in [7, 11) is 0. The molecule has 1 aromatic heterocycles. The number of halogens is 3. The topological polar surface area (TPSA) is 24.9 Å². The Bertz CT molecular complexity index is 469. The summed E-state index contributed by atoms with van der Waals surface area (Å²) in [6.07, 6.45) is 0. The van der Waals surface area contributed by atoms with Crippen LogP contribution in [0.25, 0.3) is 0 Å². The van der Waals surface area contributed by atoms with E-state index < -0.39 is 0 Å². The number of hydrogen-bond acceptors (Lipinski definition) is 2. The van der Waals surface area contributed by atoms with Crippen LogP contribution in [-0.4, -0.2) is 11.5 Å². The van der Waals surface area contributed by atoms with Gasteiger partial charge in [0.2, 0.25) is 0 Å². The minimum absolute atomic E-state index is 0.276. The van der Waals surface area contributed by atoms with Crippen molar-refractivity contribution in [1.29, 1.82) is 0 Å². The first kappa shape index (κ1) is 14.2. The van der Waals surface area contributed by atoms with E-state index in [1.54, 1.807) is 6.07 Å². The van der Waals surface area contributed by atoms with Crippen molar-refractivity contribution in [2.75, 3.05) is 11.9 Å². The molecule has 100 valence electrons. The van der Waals surface area contributed by atoms with Gasteiger partial charge in [-0.25, -0.2) is 4.98 Å². The minimum Gasteiger partial charge on any atom is -0.368 e. The molecule has 1 aromatic rings. The monoisotopic (exact) mass is 306 g/mol. The molecule has 1 saturated carbocycles. The van der Waals surface area contributed by atoms with Gasteiger partial charge < -0.3 is 5.32 Å². The zero-order valence-electron chi connectivity index (χ0n) is 10.9. The van der Waals surface area contributed by atoms with E-state index in [1.165, 1.54) is 0 Å². The highest BCUT2D eigenvalue weighted by molar-refractivity contribution is 6.42. The Labute approximate surface area is 123 Å². The highest BCUT2D eigenvalue weighted by Crippen LogP contribution is 2.68. The first-order chi connectivity index (χ1) is 8.18. The first-order valence-corrected chi connectivity index (χ1v) is 7.06. The van der Waals surface area contributed by atoms with E-state index in [2.05, 4.69) is 38.0 Å². The van der Waals surface area contributed by atoms with Crippen LogP contribution in [0.5, 0.6) is 0 Å². The SMILES string of the molecule is CC1(C)C(CNc2nc(Cl)c(Cl)cc2Cl)C1(C)C. The van der Waals surface area contributed by atoms with Gasteiger partial charge in [0.1, 0.15) is 11.0 Å². The molecule has 0 saturated heterocycles. The first-order valence-electron chi connectivity index (χ1n) is 5.93. The third kappa shape index (κ3) is 2.19. The summed E-state index contributed by atoms with van der Waals surface area (Å²) in [6, 6.07) is 1.62.